The molecular formula is C19H15N3O4S. The number of para-hydroxylation sites is 1. The number of anilines is 2. The van der Waals surface area contributed by atoms with Gasteiger partial charge in [0, 0.05) is 10.6 Å². The zero-order chi connectivity index (χ0) is 19.2. The van der Waals surface area contributed by atoms with Crippen LogP contribution in [0.4, 0.5) is 11.4 Å². The van der Waals surface area contributed by atoms with Gasteiger partial charge in [0.1, 0.15) is 6.54 Å². The van der Waals surface area contributed by atoms with E-state index in [1.54, 1.807) is 42.5 Å². The fourth-order valence-corrected chi connectivity index (χ4v) is 3.29. The van der Waals surface area contributed by atoms with E-state index in [1.165, 1.54) is 22.7 Å². The maximum Gasteiger partial charge on any atom is 0.338 e. The van der Waals surface area contributed by atoms with E-state index in [9.17, 15) is 14.4 Å². The van der Waals surface area contributed by atoms with Gasteiger partial charge in [-0.05, 0) is 30.3 Å². The molecule has 3 rings (SSSR count). The van der Waals surface area contributed by atoms with Gasteiger partial charge in [-0.25, -0.2) is 4.79 Å². The van der Waals surface area contributed by atoms with Crippen LogP contribution >= 0.6 is 11.8 Å². The van der Waals surface area contributed by atoms with Crippen LogP contribution in [0.15, 0.2) is 53.4 Å². The van der Waals surface area contributed by atoms with Gasteiger partial charge in [0.05, 0.1) is 23.1 Å². The van der Waals surface area contributed by atoms with E-state index in [0.29, 0.717) is 17.1 Å². The molecule has 0 aromatic heterocycles. The average molecular weight is 381 g/mol. The van der Waals surface area contributed by atoms with E-state index in [2.05, 4.69) is 5.32 Å². The van der Waals surface area contributed by atoms with Crippen LogP contribution in [0, 0.1) is 11.3 Å². The highest BCUT2D eigenvalue weighted by Crippen LogP contribution is 2.32. The molecule has 2 aromatic rings. The van der Waals surface area contributed by atoms with Crippen LogP contribution in [0.25, 0.3) is 0 Å². The smallest absolute Gasteiger partial charge is 0.338 e. The van der Waals surface area contributed by atoms with Crippen molar-refractivity contribution in [2.75, 3.05) is 29.1 Å². The van der Waals surface area contributed by atoms with E-state index < -0.39 is 18.5 Å². The van der Waals surface area contributed by atoms with E-state index >= 15 is 0 Å². The number of esters is 1. The third-order valence-corrected chi connectivity index (χ3v) is 4.85. The van der Waals surface area contributed by atoms with Gasteiger partial charge in [0.25, 0.3) is 5.91 Å². The number of carbonyl (C=O) groups excluding carboxylic acids is 3. The molecule has 0 radical (unpaired) electrons. The van der Waals surface area contributed by atoms with E-state index in [4.69, 9.17) is 10.00 Å². The summed E-state index contributed by atoms with van der Waals surface area (Å²) in [6.07, 6.45) is 0. The van der Waals surface area contributed by atoms with Gasteiger partial charge in [-0.2, -0.15) is 5.26 Å². The van der Waals surface area contributed by atoms with Crippen molar-refractivity contribution in [1.82, 2.24) is 0 Å². The van der Waals surface area contributed by atoms with Crippen molar-refractivity contribution in [2.24, 2.45) is 0 Å². The number of amides is 2. The molecule has 0 bridgehead atoms. The van der Waals surface area contributed by atoms with E-state index in [0.717, 1.165) is 4.90 Å². The van der Waals surface area contributed by atoms with Crippen LogP contribution in [-0.4, -0.2) is 36.7 Å². The summed E-state index contributed by atoms with van der Waals surface area (Å²) < 4.78 is 5.10. The summed E-state index contributed by atoms with van der Waals surface area (Å²) in [5.41, 5.74) is 1.33. The van der Waals surface area contributed by atoms with Crippen molar-refractivity contribution in [3.8, 4) is 6.07 Å². The minimum atomic E-state index is -0.680. The lowest BCUT2D eigenvalue weighted by Crippen LogP contribution is -2.35. The highest BCUT2D eigenvalue weighted by molar-refractivity contribution is 8.00. The minimum Gasteiger partial charge on any atom is -0.452 e. The summed E-state index contributed by atoms with van der Waals surface area (Å²) in [6.45, 7) is -0.643. The van der Waals surface area contributed by atoms with Crippen molar-refractivity contribution in [1.29, 1.82) is 5.26 Å². The third-order valence-electron chi connectivity index (χ3n) is 3.77. The Morgan fingerprint density at radius 3 is 2.74 bits per heavy atom. The molecule has 27 heavy (non-hydrogen) atoms. The lowest BCUT2D eigenvalue weighted by Gasteiger charge is -2.20. The van der Waals surface area contributed by atoms with Gasteiger partial charge < -0.3 is 10.1 Å². The number of nitrogens with zero attached hydrogens (tertiary/aromatic N) is 2. The lowest BCUT2D eigenvalue weighted by molar-refractivity contribution is -0.121. The molecule has 1 aliphatic heterocycles. The number of rotatable bonds is 5. The Hall–Kier alpha value is -3.31. The number of hydrogen-bond acceptors (Lipinski definition) is 6. The van der Waals surface area contributed by atoms with Crippen LogP contribution < -0.4 is 10.2 Å². The summed E-state index contributed by atoms with van der Waals surface area (Å²) in [6, 6.07) is 15.4. The fourth-order valence-electron chi connectivity index (χ4n) is 2.50. The van der Waals surface area contributed by atoms with Crippen LogP contribution in [0.5, 0.6) is 0 Å². The number of nitrogens with one attached hydrogen (secondary N) is 1. The highest BCUT2D eigenvalue weighted by Gasteiger charge is 2.20. The van der Waals surface area contributed by atoms with Crippen LogP contribution in [0.3, 0.4) is 0 Å². The Morgan fingerprint density at radius 2 is 2.00 bits per heavy atom. The molecule has 2 amide bonds. The van der Waals surface area contributed by atoms with Crippen molar-refractivity contribution in [3.05, 3.63) is 54.1 Å². The number of benzene rings is 2. The molecule has 0 fully saturated rings. The minimum absolute atomic E-state index is 0.136. The molecule has 136 valence electrons. The molecule has 0 atom stereocenters. The summed E-state index contributed by atoms with van der Waals surface area (Å²) in [5, 5.41) is 11.6. The van der Waals surface area contributed by atoms with Gasteiger partial charge in [-0.3, -0.25) is 14.5 Å². The van der Waals surface area contributed by atoms with Crippen molar-refractivity contribution >= 4 is 40.9 Å². The molecule has 2 aromatic carbocycles. The van der Waals surface area contributed by atoms with Gasteiger partial charge in [-0.15, -0.1) is 11.8 Å². The summed E-state index contributed by atoms with van der Waals surface area (Å²) >= 11 is 1.39. The Bertz CT molecular complexity index is 924. The molecule has 0 aliphatic carbocycles. The van der Waals surface area contributed by atoms with Crippen LogP contribution in [-0.2, 0) is 14.3 Å². The maximum atomic E-state index is 12.4. The number of hydrogen-bond donors (Lipinski definition) is 1. The Labute approximate surface area is 159 Å². The molecule has 0 spiro atoms. The Balaban J connectivity index is 1.66. The van der Waals surface area contributed by atoms with E-state index in [1.807, 2.05) is 6.07 Å². The molecule has 1 N–H and O–H groups in total. The van der Waals surface area contributed by atoms with Gasteiger partial charge >= 0.3 is 5.97 Å². The first-order valence-corrected chi connectivity index (χ1v) is 9.03. The predicted molar refractivity (Wildman–Crippen MR) is 100 cm³/mol. The summed E-state index contributed by atoms with van der Waals surface area (Å²) in [5.74, 6) is -0.985. The number of carbonyl (C=O) groups is 3. The van der Waals surface area contributed by atoms with Crippen LogP contribution in [0.2, 0.25) is 0 Å². The average Bonchev–Trinajstić information content (AvgIpc) is 2.70. The second kappa shape index (κ2) is 8.38. The first-order chi connectivity index (χ1) is 13.1. The highest BCUT2D eigenvalue weighted by atomic mass is 32.2. The Kier molecular flexibility index (Phi) is 5.74. The molecule has 7 nitrogen and oxygen atoms in total. The number of thioether (sulfide) groups is 1. The van der Waals surface area contributed by atoms with E-state index in [-0.39, 0.29) is 18.0 Å². The zero-order valence-electron chi connectivity index (χ0n) is 14.2. The number of ether oxygens (including phenoxy) is 1. The second-order valence-corrected chi connectivity index (χ2v) is 6.61. The molecule has 0 unspecified atom stereocenters. The number of fused-ring (bicyclic) bond motifs is 1. The topological polar surface area (TPSA) is 99.5 Å². The van der Waals surface area contributed by atoms with Gasteiger partial charge in [0.15, 0.2) is 6.61 Å². The molecule has 0 saturated carbocycles. The summed E-state index contributed by atoms with van der Waals surface area (Å²) in [7, 11) is 0. The largest absolute Gasteiger partial charge is 0.452 e. The first kappa shape index (κ1) is 18.5. The second-order valence-electron chi connectivity index (χ2n) is 5.60. The fraction of sp³-hybridized carbons (Fsp3) is 0.158. The molecule has 1 heterocycles. The monoisotopic (exact) mass is 381 g/mol. The normalized spacial score (nSPS) is 12.3. The molecular weight excluding hydrogens is 366 g/mol. The maximum absolute atomic E-state index is 12.4. The van der Waals surface area contributed by atoms with Crippen molar-refractivity contribution in [2.45, 2.75) is 4.90 Å². The molecule has 0 saturated heterocycles. The zero-order valence-corrected chi connectivity index (χ0v) is 15.0. The Morgan fingerprint density at radius 1 is 1.22 bits per heavy atom. The molecule has 8 heteroatoms. The van der Waals surface area contributed by atoms with Gasteiger partial charge in [-0.1, -0.05) is 18.2 Å². The van der Waals surface area contributed by atoms with Crippen LogP contribution in [0.1, 0.15) is 10.4 Å². The molecule has 1 aliphatic rings. The summed E-state index contributed by atoms with van der Waals surface area (Å²) in [4.78, 5) is 38.2. The predicted octanol–water partition coefficient (Wildman–Crippen LogP) is 2.44. The number of nitriles is 1. The SMILES string of the molecule is N#CCN(C(=O)COC(=O)c1ccc2c(c1)NC(=O)CS2)c1ccccc1. The van der Waals surface area contributed by atoms with Gasteiger partial charge in [0.2, 0.25) is 5.91 Å². The lowest BCUT2D eigenvalue weighted by atomic mass is 10.2. The van der Waals surface area contributed by atoms with Crippen molar-refractivity contribution < 1.29 is 19.1 Å². The standard InChI is InChI=1S/C19H15N3O4S/c20-8-9-22(14-4-2-1-3-5-14)18(24)11-26-19(25)13-6-7-16-15(10-13)21-17(23)12-27-16/h1-7,10H,9,11-12H2,(H,21,23). The quantitative estimate of drug-likeness (QED) is 0.631. The third kappa shape index (κ3) is 4.46. The first-order valence-electron chi connectivity index (χ1n) is 8.04. The van der Waals surface area contributed by atoms with Crippen molar-refractivity contribution in [3.63, 3.8) is 0 Å².